The Kier molecular flexibility index (Phi) is 7.53. The molecule has 0 bridgehead atoms. The summed E-state index contributed by atoms with van der Waals surface area (Å²) in [6.45, 7) is 4.92. The Morgan fingerprint density at radius 3 is 2.43 bits per heavy atom. The number of nitrogens with zero attached hydrogens (tertiary/aromatic N) is 4. The Labute approximate surface area is 207 Å². The van der Waals surface area contributed by atoms with Crippen LogP contribution in [0.3, 0.4) is 0 Å². The lowest BCUT2D eigenvalue weighted by molar-refractivity contribution is -0.139. The second-order valence-corrected chi connectivity index (χ2v) is 10.9. The maximum absolute atomic E-state index is 13.1. The molecule has 0 radical (unpaired) electrons. The molecule has 186 valence electrons. The Morgan fingerprint density at radius 1 is 1.11 bits per heavy atom. The number of benzene rings is 2. The number of hydrogen-bond acceptors (Lipinski definition) is 9. The van der Waals surface area contributed by atoms with Crippen LogP contribution in [0.4, 0.5) is 5.69 Å². The summed E-state index contributed by atoms with van der Waals surface area (Å²) in [5, 5.41) is 17.5. The lowest BCUT2D eigenvalue weighted by Crippen LogP contribution is -2.48. The normalized spacial score (nSPS) is 14.8. The fourth-order valence-electron chi connectivity index (χ4n) is 3.73. The van der Waals surface area contributed by atoms with E-state index < -0.39 is 22.6 Å². The summed E-state index contributed by atoms with van der Waals surface area (Å²) in [6.07, 6.45) is 0.00730. The van der Waals surface area contributed by atoms with E-state index in [-0.39, 0.29) is 11.0 Å². The average molecular weight is 519 g/mol. The first-order valence-corrected chi connectivity index (χ1v) is 13.3. The number of ether oxygens (including phenoxy) is 2. The zero-order valence-corrected chi connectivity index (χ0v) is 21.0. The first kappa shape index (κ1) is 24.9. The van der Waals surface area contributed by atoms with Gasteiger partial charge in [-0.1, -0.05) is 11.3 Å². The molecule has 0 spiro atoms. The third-order valence-corrected chi connectivity index (χ3v) is 7.98. The van der Waals surface area contributed by atoms with Crippen LogP contribution in [0.2, 0.25) is 0 Å². The van der Waals surface area contributed by atoms with Gasteiger partial charge in [-0.05, 0) is 50.2 Å². The summed E-state index contributed by atoms with van der Waals surface area (Å²) < 4.78 is 38.8. The van der Waals surface area contributed by atoms with Crippen LogP contribution in [0.1, 0.15) is 13.8 Å². The van der Waals surface area contributed by atoms with Gasteiger partial charge in [0.1, 0.15) is 17.0 Å². The molecule has 1 fully saturated rings. The molecule has 1 saturated heterocycles. The minimum atomic E-state index is -3.63. The molecule has 1 aliphatic heterocycles. The summed E-state index contributed by atoms with van der Waals surface area (Å²) in [7, 11) is -3.63. The Balaban J connectivity index is 1.47. The van der Waals surface area contributed by atoms with Crippen LogP contribution in [0.5, 0.6) is 11.5 Å². The molecule has 3 aromatic rings. The van der Waals surface area contributed by atoms with Crippen LogP contribution < -0.4 is 14.4 Å². The largest absolute Gasteiger partial charge is 0.491 e. The number of carboxylic acids is 1. The number of carbonyl (C=O) groups is 1. The SMILES string of the molecule is CC(C)Oc1ccc(S(=O)(=O)N2CCN(c3ccc(-c4nncs4)c(OCC(=O)O)c3)CC2)cc1. The van der Waals surface area contributed by atoms with E-state index in [1.54, 1.807) is 35.8 Å². The van der Waals surface area contributed by atoms with Gasteiger partial charge in [0.15, 0.2) is 11.6 Å². The van der Waals surface area contributed by atoms with Gasteiger partial charge < -0.3 is 19.5 Å². The molecule has 0 atom stereocenters. The minimum Gasteiger partial charge on any atom is -0.491 e. The van der Waals surface area contributed by atoms with Gasteiger partial charge in [0, 0.05) is 37.9 Å². The van der Waals surface area contributed by atoms with Gasteiger partial charge in [-0.25, -0.2) is 13.2 Å². The Hall–Kier alpha value is -3.22. The van der Waals surface area contributed by atoms with Crippen molar-refractivity contribution in [3.8, 4) is 22.1 Å². The van der Waals surface area contributed by atoms with Gasteiger partial charge >= 0.3 is 5.97 Å². The molecule has 1 N–H and O–H groups in total. The maximum atomic E-state index is 13.1. The van der Waals surface area contributed by atoms with Gasteiger partial charge in [-0.3, -0.25) is 0 Å². The number of rotatable bonds is 9. The fraction of sp³-hybridized carbons (Fsp3) is 0.348. The molecule has 1 aliphatic rings. The molecule has 10 nitrogen and oxygen atoms in total. The number of piperazine rings is 1. The molecule has 0 aliphatic carbocycles. The summed E-state index contributed by atoms with van der Waals surface area (Å²) in [4.78, 5) is 13.3. The van der Waals surface area contributed by atoms with Crippen molar-refractivity contribution in [2.45, 2.75) is 24.8 Å². The van der Waals surface area contributed by atoms with Crippen LogP contribution in [0, 0.1) is 0 Å². The Bertz CT molecular complexity index is 1260. The van der Waals surface area contributed by atoms with E-state index in [1.807, 2.05) is 30.9 Å². The summed E-state index contributed by atoms with van der Waals surface area (Å²) in [5.74, 6) is -0.0664. The summed E-state index contributed by atoms with van der Waals surface area (Å²) in [6, 6.07) is 11.9. The van der Waals surface area contributed by atoms with Crippen LogP contribution in [-0.4, -0.2) is 72.9 Å². The van der Waals surface area contributed by atoms with E-state index in [1.165, 1.54) is 15.6 Å². The van der Waals surface area contributed by atoms with E-state index in [0.29, 0.717) is 48.2 Å². The number of hydrogen-bond donors (Lipinski definition) is 1. The van der Waals surface area contributed by atoms with Gasteiger partial charge in [0.25, 0.3) is 0 Å². The van der Waals surface area contributed by atoms with Crippen LogP contribution >= 0.6 is 11.3 Å². The molecule has 1 aromatic heterocycles. The lowest BCUT2D eigenvalue weighted by atomic mass is 10.1. The number of aromatic nitrogens is 2. The van der Waals surface area contributed by atoms with E-state index in [4.69, 9.17) is 14.6 Å². The third-order valence-electron chi connectivity index (χ3n) is 5.34. The van der Waals surface area contributed by atoms with E-state index in [9.17, 15) is 13.2 Å². The second-order valence-electron chi connectivity index (χ2n) is 8.14. The monoisotopic (exact) mass is 518 g/mol. The third kappa shape index (κ3) is 5.89. The number of sulfonamides is 1. The predicted molar refractivity (Wildman–Crippen MR) is 132 cm³/mol. The average Bonchev–Trinajstić information content (AvgIpc) is 3.37. The molecule has 2 heterocycles. The smallest absolute Gasteiger partial charge is 0.341 e. The molecule has 0 amide bonds. The molecule has 12 heteroatoms. The number of anilines is 1. The standard InChI is InChI=1S/C23H26N4O6S2/c1-16(2)33-18-4-6-19(7-5-18)35(30,31)27-11-9-26(10-12-27)17-3-8-20(23-25-24-15-34-23)21(13-17)32-14-22(28)29/h3-8,13,15-16H,9-12,14H2,1-2H3,(H,28,29). The highest BCUT2D eigenvalue weighted by Crippen LogP contribution is 2.35. The molecule has 4 rings (SSSR count). The number of aliphatic carboxylic acids is 1. The Morgan fingerprint density at radius 2 is 1.83 bits per heavy atom. The van der Waals surface area contributed by atoms with Crippen molar-refractivity contribution < 1.29 is 27.8 Å². The molecule has 0 saturated carbocycles. The van der Waals surface area contributed by atoms with Crippen molar-refractivity contribution in [1.82, 2.24) is 14.5 Å². The maximum Gasteiger partial charge on any atom is 0.341 e. The van der Waals surface area contributed by atoms with Gasteiger partial charge in [0.2, 0.25) is 10.0 Å². The van der Waals surface area contributed by atoms with Crippen LogP contribution in [0.15, 0.2) is 52.9 Å². The molecule has 35 heavy (non-hydrogen) atoms. The quantitative estimate of drug-likeness (QED) is 0.455. The second kappa shape index (κ2) is 10.6. The van der Waals surface area contributed by atoms with E-state index >= 15 is 0 Å². The van der Waals surface area contributed by atoms with E-state index in [2.05, 4.69) is 10.2 Å². The van der Waals surface area contributed by atoms with Crippen molar-refractivity contribution in [2.75, 3.05) is 37.7 Å². The predicted octanol–water partition coefficient (Wildman–Crippen LogP) is 2.97. The lowest BCUT2D eigenvalue weighted by Gasteiger charge is -2.35. The van der Waals surface area contributed by atoms with Crippen LogP contribution in [0.25, 0.3) is 10.6 Å². The van der Waals surface area contributed by atoms with Crippen molar-refractivity contribution in [3.05, 3.63) is 48.0 Å². The zero-order valence-electron chi connectivity index (χ0n) is 19.3. The van der Waals surface area contributed by atoms with Crippen molar-refractivity contribution in [2.24, 2.45) is 0 Å². The highest BCUT2D eigenvalue weighted by molar-refractivity contribution is 7.89. The first-order chi connectivity index (χ1) is 16.7. The van der Waals surface area contributed by atoms with Crippen molar-refractivity contribution >= 4 is 33.0 Å². The fourth-order valence-corrected chi connectivity index (χ4v) is 5.74. The summed E-state index contributed by atoms with van der Waals surface area (Å²) >= 11 is 1.33. The molecule has 0 unspecified atom stereocenters. The van der Waals surface area contributed by atoms with Crippen molar-refractivity contribution in [1.29, 1.82) is 0 Å². The van der Waals surface area contributed by atoms with Crippen LogP contribution in [-0.2, 0) is 14.8 Å². The highest BCUT2D eigenvalue weighted by Gasteiger charge is 2.29. The van der Waals surface area contributed by atoms with E-state index in [0.717, 1.165) is 5.69 Å². The molecular formula is C23H26N4O6S2. The minimum absolute atomic E-state index is 0.00730. The zero-order chi connectivity index (χ0) is 25.0. The molecule has 2 aromatic carbocycles. The summed E-state index contributed by atoms with van der Waals surface area (Å²) in [5.41, 5.74) is 3.06. The first-order valence-electron chi connectivity index (χ1n) is 11.0. The number of carboxylic acid groups (broad SMARTS) is 1. The van der Waals surface area contributed by atoms with Crippen molar-refractivity contribution in [3.63, 3.8) is 0 Å². The van der Waals surface area contributed by atoms with Gasteiger partial charge in [-0.2, -0.15) is 4.31 Å². The topological polar surface area (TPSA) is 122 Å². The highest BCUT2D eigenvalue weighted by atomic mass is 32.2. The van der Waals surface area contributed by atoms with Gasteiger partial charge in [0.05, 0.1) is 16.6 Å². The van der Waals surface area contributed by atoms with Gasteiger partial charge in [-0.15, -0.1) is 10.2 Å². The molecular weight excluding hydrogens is 492 g/mol.